The summed E-state index contributed by atoms with van der Waals surface area (Å²) < 4.78 is 11.9. The molecule has 3 aliphatic rings. The van der Waals surface area contributed by atoms with E-state index in [9.17, 15) is 4.79 Å². The van der Waals surface area contributed by atoms with Crippen molar-refractivity contribution in [1.29, 1.82) is 0 Å². The van der Waals surface area contributed by atoms with Crippen LogP contribution < -0.4 is 9.47 Å². The number of benzene rings is 1. The highest BCUT2D eigenvalue weighted by Crippen LogP contribution is 2.34. The number of likely N-dealkylation sites (tertiary alicyclic amines) is 2. The van der Waals surface area contributed by atoms with Gasteiger partial charge in [0.25, 0.3) is 5.91 Å². The molecule has 0 aliphatic carbocycles. The van der Waals surface area contributed by atoms with Gasteiger partial charge >= 0.3 is 0 Å². The highest BCUT2D eigenvalue weighted by Gasteiger charge is 2.39. The Morgan fingerprint density at radius 2 is 1.75 bits per heavy atom. The maximum atomic E-state index is 13.0. The third kappa shape index (κ3) is 2.97. The summed E-state index contributed by atoms with van der Waals surface area (Å²) >= 11 is 0. The van der Waals surface area contributed by atoms with E-state index < -0.39 is 6.10 Å². The van der Waals surface area contributed by atoms with E-state index in [1.807, 2.05) is 36.1 Å². The molecule has 3 atom stereocenters. The summed E-state index contributed by atoms with van der Waals surface area (Å²) in [5.41, 5.74) is 0. The number of hydrogen-bond acceptors (Lipinski definition) is 4. The van der Waals surface area contributed by atoms with Crippen molar-refractivity contribution in [3.05, 3.63) is 24.3 Å². The van der Waals surface area contributed by atoms with Gasteiger partial charge in [-0.25, -0.2) is 0 Å². The van der Waals surface area contributed by atoms with Gasteiger partial charge in [-0.05, 0) is 57.8 Å². The lowest BCUT2D eigenvalue weighted by molar-refractivity contribution is -0.146. The zero-order valence-electron chi connectivity index (χ0n) is 14.3. The van der Waals surface area contributed by atoms with E-state index in [1.165, 1.54) is 32.4 Å². The molecular weight excluding hydrogens is 304 g/mol. The van der Waals surface area contributed by atoms with Crippen LogP contribution in [0.1, 0.15) is 32.6 Å². The zero-order valence-corrected chi connectivity index (χ0v) is 14.3. The molecule has 1 amide bonds. The van der Waals surface area contributed by atoms with Crippen LogP contribution in [0.5, 0.6) is 11.5 Å². The van der Waals surface area contributed by atoms with Crippen LogP contribution in [0.3, 0.4) is 0 Å². The summed E-state index contributed by atoms with van der Waals surface area (Å²) in [5.74, 6) is 1.46. The van der Waals surface area contributed by atoms with Gasteiger partial charge in [-0.2, -0.15) is 0 Å². The summed E-state index contributed by atoms with van der Waals surface area (Å²) in [6.45, 7) is 5.93. The molecule has 0 aromatic heterocycles. The summed E-state index contributed by atoms with van der Waals surface area (Å²) in [7, 11) is 0. The molecule has 0 bridgehead atoms. The Balaban J connectivity index is 1.45. The number of fused-ring (bicyclic) bond motifs is 1. The Labute approximate surface area is 143 Å². The number of ether oxygens (including phenoxy) is 2. The quantitative estimate of drug-likeness (QED) is 0.834. The van der Waals surface area contributed by atoms with Crippen molar-refractivity contribution in [1.82, 2.24) is 9.80 Å². The number of carbonyl (C=O) groups is 1. The van der Waals surface area contributed by atoms with Crippen molar-refractivity contribution in [2.24, 2.45) is 0 Å². The Morgan fingerprint density at radius 1 is 1.04 bits per heavy atom. The number of carbonyl (C=O) groups excluding carboxylic acids is 1. The van der Waals surface area contributed by atoms with Gasteiger partial charge in [-0.15, -0.1) is 0 Å². The van der Waals surface area contributed by atoms with Crippen molar-refractivity contribution >= 4 is 5.91 Å². The number of nitrogens with zero attached hydrogens (tertiary/aromatic N) is 2. The third-order valence-corrected chi connectivity index (χ3v) is 5.45. The first kappa shape index (κ1) is 15.8. The maximum absolute atomic E-state index is 13.0. The first-order valence-corrected chi connectivity index (χ1v) is 9.17. The molecular formula is C19H26N2O3. The average molecular weight is 330 g/mol. The van der Waals surface area contributed by atoms with Crippen LogP contribution in [0.25, 0.3) is 0 Å². The smallest absolute Gasteiger partial charge is 0.267 e. The van der Waals surface area contributed by atoms with Gasteiger partial charge in [-0.1, -0.05) is 12.1 Å². The van der Waals surface area contributed by atoms with Gasteiger partial charge in [0.1, 0.15) is 6.10 Å². The summed E-state index contributed by atoms with van der Waals surface area (Å²) in [5, 5.41) is 0. The van der Waals surface area contributed by atoms with Crippen LogP contribution in [0.2, 0.25) is 0 Å². The number of amides is 1. The molecule has 5 heteroatoms. The fourth-order valence-electron chi connectivity index (χ4n) is 4.13. The van der Waals surface area contributed by atoms with Crippen LogP contribution in [0.4, 0.5) is 0 Å². The normalized spacial score (nSPS) is 30.4. The molecule has 0 radical (unpaired) electrons. The molecule has 0 saturated carbocycles. The topological polar surface area (TPSA) is 42.0 Å². The molecule has 0 N–H and O–H groups in total. The van der Waals surface area contributed by atoms with E-state index in [0.717, 1.165) is 25.3 Å². The van der Waals surface area contributed by atoms with E-state index in [2.05, 4.69) is 4.90 Å². The van der Waals surface area contributed by atoms with E-state index in [0.29, 0.717) is 11.8 Å². The van der Waals surface area contributed by atoms with Crippen LogP contribution in [-0.4, -0.2) is 60.1 Å². The first-order chi connectivity index (χ1) is 11.7. The van der Waals surface area contributed by atoms with Crippen molar-refractivity contribution in [3.63, 3.8) is 0 Å². The van der Waals surface area contributed by atoms with Crippen molar-refractivity contribution in [3.8, 4) is 11.5 Å². The lowest BCUT2D eigenvalue weighted by atomic mass is 10.0. The second kappa shape index (κ2) is 6.63. The number of piperidine rings is 1. The molecule has 2 fully saturated rings. The predicted molar refractivity (Wildman–Crippen MR) is 91.4 cm³/mol. The Bertz CT molecular complexity index is 600. The molecule has 0 spiro atoms. The van der Waals surface area contributed by atoms with Gasteiger partial charge in [0.05, 0.1) is 0 Å². The van der Waals surface area contributed by atoms with Crippen molar-refractivity contribution < 1.29 is 14.3 Å². The lowest BCUT2D eigenvalue weighted by Crippen LogP contribution is -2.55. The monoisotopic (exact) mass is 330 g/mol. The van der Waals surface area contributed by atoms with Crippen LogP contribution in [0, 0.1) is 0 Å². The first-order valence-electron chi connectivity index (χ1n) is 9.17. The van der Waals surface area contributed by atoms with Gasteiger partial charge in [0.15, 0.2) is 11.5 Å². The molecule has 3 heterocycles. The van der Waals surface area contributed by atoms with Gasteiger partial charge < -0.3 is 14.4 Å². The standard InChI is InChI=1S/C19H26N2O3/c1-14-18(24-17-9-3-2-8-16(17)23-14)19(22)21-12-6-7-15(13-21)20-10-4-5-11-20/h2-3,8-9,14-15,18H,4-7,10-13H2,1H3. The maximum Gasteiger partial charge on any atom is 0.267 e. The molecule has 1 aromatic carbocycles. The Hall–Kier alpha value is -1.75. The van der Waals surface area contributed by atoms with E-state index in [1.54, 1.807) is 0 Å². The highest BCUT2D eigenvalue weighted by molar-refractivity contribution is 5.82. The number of para-hydroxylation sites is 2. The lowest BCUT2D eigenvalue weighted by Gasteiger charge is -2.40. The number of hydrogen-bond donors (Lipinski definition) is 0. The summed E-state index contributed by atoms with van der Waals surface area (Å²) in [4.78, 5) is 17.6. The second-order valence-corrected chi connectivity index (χ2v) is 7.13. The van der Waals surface area contributed by atoms with Crippen LogP contribution >= 0.6 is 0 Å². The van der Waals surface area contributed by atoms with E-state index in [4.69, 9.17) is 9.47 Å². The van der Waals surface area contributed by atoms with Crippen LogP contribution in [-0.2, 0) is 4.79 Å². The minimum Gasteiger partial charge on any atom is -0.482 e. The van der Waals surface area contributed by atoms with Gasteiger partial charge in [-0.3, -0.25) is 9.69 Å². The fourth-order valence-corrected chi connectivity index (χ4v) is 4.13. The fraction of sp³-hybridized carbons (Fsp3) is 0.632. The Kier molecular flexibility index (Phi) is 4.35. The van der Waals surface area contributed by atoms with Crippen LogP contribution in [0.15, 0.2) is 24.3 Å². The second-order valence-electron chi connectivity index (χ2n) is 7.13. The van der Waals surface area contributed by atoms with E-state index >= 15 is 0 Å². The van der Waals surface area contributed by atoms with Crippen molar-refractivity contribution in [2.45, 2.75) is 50.9 Å². The molecule has 3 unspecified atom stereocenters. The molecule has 24 heavy (non-hydrogen) atoms. The van der Waals surface area contributed by atoms with Gasteiger partial charge in [0, 0.05) is 19.1 Å². The minimum absolute atomic E-state index is 0.0703. The molecule has 130 valence electrons. The van der Waals surface area contributed by atoms with E-state index in [-0.39, 0.29) is 12.0 Å². The summed E-state index contributed by atoms with van der Waals surface area (Å²) in [6, 6.07) is 8.09. The molecule has 1 aromatic rings. The predicted octanol–water partition coefficient (Wildman–Crippen LogP) is 2.30. The van der Waals surface area contributed by atoms with Crippen molar-refractivity contribution in [2.75, 3.05) is 26.2 Å². The minimum atomic E-state index is -0.544. The van der Waals surface area contributed by atoms with Gasteiger partial charge in [0.2, 0.25) is 6.10 Å². The molecule has 5 nitrogen and oxygen atoms in total. The number of rotatable bonds is 2. The zero-order chi connectivity index (χ0) is 16.5. The highest BCUT2D eigenvalue weighted by atomic mass is 16.6. The molecule has 3 aliphatic heterocycles. The average Bonchev–Trinajstić information content (AvgIpc) is 3.15. The third-order valence-electron chi connectivity index (χ3n) is 5.45. The summed E-state index contributed by atoms with van der Waals surface area (Å²) in [6.07, 6.45) is 4.04. The SMILES string of the molecule is CC1Oc2ccccc2OC1C(=O)N1CCCC(N2CCCC2)C1. The molecule has 2 saturated heterocycles. The Morgan fingerprint density at radius 3 is 2.50 bits per heavy atom. The largest absolute Gasteiger partial charge is 0.482 e. The molecule has 4 rings (SSSR count).